The molecule has 0 amide bonds. The normalized spacial score (nSPS) is 10.8. The quantitative estimate of drug-likeness (QED) is 0.282. The third kappa shape index (κ3) is 9.01. The minimum Gasteiger partial charge on any atom is -0.485 e. The Labute approximate surface area is 200 Å². The van der Waals surface area contributed by atoms with Gasteiger partial charge in [0.05, 0.1) is 11.4 Å². The minimum atomic E-state index is 0.309. The number of aliphatic hydroxyl groups is 1. The monoisotopic (exact) mass is 451 g/mol. The molecule has 5 nitrogen and oxygen atoms in total. The van der Waals surface area contributed by atoms with Gasteiger partial charge in [-0.15, -0.1) is 0 Å². The zero-order valence-electron chi connectivity index (χ0n) is 20.8. The average molecular weight is 452 g/mol. The van der Waals surface area contributed by atoms with Crippen LogP contribution < -0.4 is 9.64 Å². The highest BCUT2D eigenvalue weighted by molar-refractivity contribution is 5.49. The molecule has 1 aromatic carbocycles. The van der Waals surface area contributed by atoms with Crippen molar-refractivity contribution in [2.24, 2.45) is 0 Å². The zero-order chi connectivity index (χ0) is 24.1. The smallest absolute Gasteiger partial charge is 0.234 e. The molecule has 2 rings (SSSR count). The van der Waals surface area contributed by atoms with E-state index in [1.807, 2.05) is 43.9 Å². The van der Waals surface area contributed by atoms with Gasteiger partial charge in [-0.2, -0.15) is 0 Å². The third-order valence-corrected chi connectivity index (χ3v) is 5.60. The Morgan fingerprint density at radius 1 is 0.879 bits per heavy atom. The van der Waals surface area contributed by atoms with Crippen molar-refractivity contribution in [3.05, 3.63) is 71.8 Å². The van der Waals surface area contributed by atoms with Crippen LogP contribution in [0.15, 0.2) is 54.9 Å². The van der Waals surface area contributed by atoms with Gasteiger partial charge < -0.3 is 9.84 Å². The second kappa shape index (κ2) is 14.5. The van der Waals surface area contributed by atoms with Crippen LogP contribution in [0.3, 0.4) is 0 Å². The molecule has 0 saturated heterocycles. The van der Waals surface area contributed by atoms with Crippen LogP contribution in [0.25, 0.3) is 0 Å². The minimum absolute atomic E-state index is 0.309. The van der Waals surface area contributed by atoms with Gasteiger partial charge in [0.1, 0.15) is 6.61 Å². The Bertz CT molecular complexity index is 866. The number of hydrogen-bond acceptors (Lipinski definition) is 5. The number of anilines is 1. The number of aromatic nitrogens is 2. The van der Waals surface area contributed by atoms with Crippen LogP contribution in [0.1, 0.15) is 82.2 Å². The van der Waals surface area contributed by atoms with Crippen LogP contribution >= 0.6 is 0 Å². The van der Waals surface area contributed by atoms with Crippen molar-refractivity contribution in [3.63, 3.8) is 0 Å². The van der Waals surface area contributed by atoms with Crippen LogP contribution in [0.5, 0.6) is 5.75 Å². The summed E-state index contributed by atoms with van der Waals surface area (Å²) in [6, 6.07) is 10.2. The number of ether oxygens (including phenoxy) is 1. The summed E-state index contributed by atoms with van der Waals surface area (Å²) in [4.78, 5) is 11.5. The average Bonchev–Trinajstić information content (AvgIpc) is 2.77. The van der Waals surface area contributed by atoms with E-state index in [0.717, 1.165) is 59.8 Å². The first-order valence-corrected chi connectivity index (χ1v) is 12.2. The maximum absolute atomic E-state index is 8.87. The molecular formula is C28H41N3O2. The molecule has 180 valence electrons. The standard InChI is InChI=1S/C28H41N3O2/c1-22(2)31(23(3)4)28-29-24(5)27(33-21-25-17-13-12-14-18-25)26(30-28)19-15-10-8-6-7-9-11-16-20-32/h12-14,17-18,32H,1,3,6-11,15-16,19-21H2,2,4-5H3. The lowest BCUT2D eigenvalue weighted by atomic mass is 10.1. The van der Waals surface area contributed by atoms with Crippen molar-refractivity contribution in [3.8, 4) is 5.75 Å². The van der Waals surface area contributed by atoms with Crippen LogP contribution in [0.4, 0.5) is 5.95 Å². The fourth-order valence-electron chi connectivity index (χ4n) is 3.93. The highest BCUT2D eigenvalue weighted by atomic mass is 16.5. The maximum atomic E-state index is 8.87. The Hall–Kier alpha value is -2.66. The summed E-state index contributed by atoms with van der Waals surface area (Å²) in [6.45, 7) is 14.8. The Morgan fingerprint density at radius 3 is 2.03 bits per heavy atom. The van der Waals surface area contributed by atoms with E-state index in [1.165, 1.54) is 32.1 Å². The largest absolute Gasteiger partial charge is 0.485 e. The molecule has 0 fully saturated rings. The Kier molecular flexibility index (Phi) is 11.7. The van der Waals surface area contributed by atoms with Gasteiger partial charge in [-0.1, -0.05) is 82.0 Å². The molecule has 0 aliphatic heterocycles. The molecule has 1 heterocycles. The van der Waals surface area contributed by atoms with E-state index >= 15 is 0 Å². The molecule has 2 aromatic rings. The van der Waals surface area contributed by atoms with Gasteiger partial charge in [0.15, 0.2) is 5.75 Å². The molecule has 1 aromatic heterocycles. The fraction of sp³-hybridized carbons (Fsp3) is 0.500. The predicted molar refractivity (Wildman–Crippen MR) is 137 cm³/mol. The molecular weight excluding hydrogens is 410 g/mol. The lowest BCUT2D eigenvalue weighted by molar-refractivity contribution is 0.282. The number of unbranched alkanes of at least 4 members (excludes halogenated alkanes) is 7. The molecule has 0 aliphatic carbocycles. The topological polar surface area (TPSA) is 58.5 Å². The maximum Gasteiger partial charge on any atom is 0.234 e. The first-order valence-electron chi connectivity index (χ1n) is 12.2. The van der Waals surface area contributed by atoms with Crippen molar-refractivity contribution in [1.82, 2.24) is 9.97 Å². The summed E-state index contributed by atoms with van der Waals surface area (Å²) in [7, 11) is 0. The van der Waals surface area contributed by atoms with E-state index in [4.69, 9.17) is 19.8 Å². The van der Waals surface area contributed by atoms with Gasteiger partial charge in [-0.05, 0) is 45.6 Å². The number of benzene rings is 1. The van der Waals surface area contributed by atoms with Crippen LogP contribution in [-0.2, 0) is 13.0 Å². The van der Waals surface area contributed by atoms with Gasteiger partial charge in [0.25, 0.3) is 0 Å². The van der Waals surface area contributed by atoms with Crippen molar-refractivity contribution >= 4 is 5.95 Å². The highest BCUT2D eigenvalue weighted by Gasteiger charge is 2.18. The molecule has 0 bridgehead atoms. The van der Waals surface area contributed by atoms with Gasteiger partial charge >= 0.3 is 0 Å². The molecule has 0 unspecified atom stereocenters. The SMILES string of the molecule is C=C(C)N(C(=C)C)c1nc(C)c(OCc2ccccc2)c(CCCCCCCCCCO)n1. The van der Waals surface area contributed by atoms with Gasteiger partial charge in [0.2, 0.25) is 5.95 Å². The van der Waals surface area contributed by atoms with Crippen LogP contribution in [-0.4, -0.2) is 21.7 Å². The van der Waals surface area contributed by atoms with E-state index < -0.39 is 0 Å². The van der Waals surface area contributed by atoms with Gasteiger partial charge in [-0.3, -0.25) is 4.90 Å². The summed E-state index contributed by atoms with van der Waals surface area (Å²) >= 11 is 0. The molecule has 0 aliphatic rings. The van der Waals surface area contributed by atoms with Gasteiger partial charge in [0, 0.05) is 18.0 Å². The second-order valence-corrected chi connectivity index (χ2v) is 8.77. The summed E-state index contributed by atoms with van der Waals surface area (Å²) < 4.78 is 6.23. The summed E-state index contributed by atoms with van der Waals surface area (Å²) in [5, 5.41) is 8.87. The summed E-state index contributed by atoms with van der Waals surface area (Å²) in [6.07, 6.45) is 10.1. The molecule has 0 radical (unpaired) electrons. The van der Waals surface area contributed by atoms with Crippen molar-refractivity contribution < 1.29 is 9.84 Å². The number of hydrogen-bond donors (Lipinski definition) is 1. The summed E-state index contributed by atoms with van der Waals surface area (Å²) in [5.74, 6) is 1.40. The number of aliphatic hydroxyl groups excluding tert-OH is 1. The van der Waals surface area contributed by atoms with Crippen molar-refractivity contribution in [2.45, 2.75) is 85.2 Å². The second-order valence-electron chi connectivity index (χ2n) is 8.77. The molecule has 0 spiro atoms. The van der Waals surface area contributed by atoms with Crippen molar-refractivity contribution in [2.75, 3.05) is 11.5 Å². The van der Waals surface area contributed by atoms with Gasteiger partial charge in [-0.25, -0.2) is 9.97 Å². The van der Waals surface area contributed by atoms with E-state index in [2.05, 4.69) is 25.3 Å². The number of allylic oxidation sites excluding steroid dienone is 2. The number of rotatable bonds is 16. The van der Waals surface area contributed by atoms with Crippen LogP contribution in [0, 0.1) is 6.92 Å². The zero-order valence-corrected chi connectivity index (χ0v) is 20.8. The van der Waals surface area contributed by atoms with E-state index in [-0.39, 0.29) is 0 Å². The Morgan fingerprint density at radius 2 is 1.45 bits per heavy atom. The number of aryl methyl sites for hydroxylation is 2. The molecule has 1 N–H and O–H groups in total. The lowest BCUT2D eigenvalue weighted by Crippen LogP contribution is -2.21. The first kappa shape index (κ1) is 26.6. The number of nitrogens with zero attached hydrogens (tertiary/aromatic N) is 3. The van der Waals surface area contributed by atoms with E-state index in [9.17, 15) is 0 Å². The van der Waals surface area contributed by atoms with Crippen LogP contribution in [0.2, 0.25) is 0 Å². The third-order valence-electron chi connectivity index (χ3n) is 5.60. The van der Waals surface area contributed by atoms with E-state index in [0.29, 0.717) is 19.2 Å². The van der Waals surface area contributed by atoms with E-state index in [1.54, 1.807) is 0 Å². The molecule has 0 atom stereocenters. The highest BCUT2D eigenvalue weighted by Crippen LogP contribution is 2.28. The Balaban J connectivity index is 2.08. The lowest BCUT2D eigenvalue weighted by Gasteiger charge is -2.24. The molecule has 5 heteroatoms. The first-order chi connectivity index (χ1) is 15.9. The fourth-order valence-corrected chi connectivity index (χ4v) is 3.93. The molecule has 0 saturated carbocycles. The molecule has 33 heavy (non-hydrogen) atoms. The summed E-state index contributed by atoms with van der Waals surface area (Å²) in [5.41, 5.74) is 4.59. The predicted octanol–water partition coefficient (Wildman–Crippen LogP) is 6.89. The van der Waals surface area contributed by atoms with Crippen molar-refractivity contribution in [1.29, 1.82) is 0 Å².